The Bertz CT molecular complexity index is 347. The summed E-state index contributed by atoms with van der Waals surface area (Å²) in [5.41, 5.74) is 0. The Kier molecular flexibility index (Phi) is 5.13. The zero-order valence-electron chi connectivity index (χ0n) is 11.4. The highest BCUT2D eigenvalue weighted by Crippen LogP contribution is 2.28. The van der Waals surface area contributed by atoms with Crippen molar-refractivity contribution >= 4 is 0 Å². The van der Waals surface area contributed by atoms with Crippen LogP contribution in [0.5, 0.6) is 0 Å². The molecule has 0 aromatic carbocycles. The fourth-order valence-electron chi connectivity index (χ4n) is 1.87. The number of rotatable bonds is 9. The third kappa shape index (κ3) is 4.38. The summed E-state index contributed by atoms with van der Waals surface area (Å²) >= 11 is 0. The van der Waals surface area contributed by atoms with E-state index in [1.807, 2.05) is 4.68 Å². The molecular weight excluding hydrogens is 228 g/mol. The number of aromatic nitrogens is 3. The van der Waals surface area contributed by atoms with Crippen LogP contribution in [0.3, 0.4) is 0 Å². The molecule has 0 amide bonds. The fourth-order valence-corrected chi connectivity index (χ4v) is 1.87. The van der Waals surface area contributed by atoms with E-state index >= 15 is 0 Å². The van der Waals surface area contributed by atoms with Gasteiger partial charge < -0.3 is 10.1 Å². The number of nitrogens with zero attached hydrogens (tertiary/aromatic N) is 3. The average Bonchev–Trinajstić information content (AvgIpc) is 3.04. The SMILES string of the molecule is CC(C)n1ncnc1CNCCCOCC1CC1. The normalized spacial score (nSPS) is 15.5. The summed E-state index contributed by atoms with van der Waals surface area (Å²) in [6, 6.07) is 0.367. The van der Waals surface area contributed by atoms with E-state index in [1.165, 1.54) is 12.8 Å². The first kappa shape index (κ1) is 13.5. The lowest BCUT2D eigenvalue weighted by Gasteiger charge is -2.10. The van der Waals surface area contributed by atoms with E-state index in [0.717, 1.165) is 44.5 Å². The summed E-state index contributed by atoms with van der Waals surface area (Å²) in [4.78, 5) is 4.26. The van der Waals surface area contributed by atoms with E-state index in [1.54, 1.807) is 6.33 Å². The Morgan fingerprint density at radius 1 is 1.50 bits per heavy atom. The van der Waals surface area contributed by atoms with Gasteiger partial charge in [-0.1, -0.05) is 0 Å². The minimum Gasteiger partial charge on any atom is -0.381 e. The lowest BCUT2D eigenvalue weighted by molar-refractivity contribution is 0.122. The summed E-state index contributed by atoms with van der Waals surface area (Å²) in [5, 5.41) is 7.59. The van der Waals surface area contributed by atoms with Crippen molar-refractivity contribution < 1.29 is 4.74 Å². The maximum Gasteiger partial charge on any atom is 0.141 e. The highest BCUT2D eigenvalue weighted by atomic mass is 16.5. The molecule has 1 N–H and O–H groups in total. The van der Waals surface area contributed by atoms with Gasteiger partial charge in [-0.3, -0.25) is 0 Å². The molecule has 1 aliphatic rings. The van der Waals surface area contributed by atoms with Gasteiger partial charge in [-0.05, 0) is 45.6 Å². The fraction of sp³-hybridized carbons (Fsp3) is 0.846. The highest BCUT2D eigenvalue weighted by molar-refractivity contribution is 4.85. The Morgan fingerprint density at radius 2 is 2.33 bits per heavy atom. The van der Waals surface area contributed by atoms with Crippen molar-refractivity contribution in [1.82, 2.24) is 20.1 Å². The maximum atomic E-state index is 5.58. The summed E-state index contributed by atoms with van der Waals surface area (Å²) < 4.78 is 7.54. The third-order valence-electron chi connectivity index (χ3n) is 3.11. The van der Waals surface area contributed by atoms with Crippen molar-refractivity contribution in [2.75, 3.05) is 19.8 Å². The summed E-state index contributed by atoms with van der Waals surface area (Å²) in [7, 11) is 0. The van der Waals surface area contributed by atoms with E-state index in [4.69, 9.17) is 4.74 Å². The minimum atomic E-state index is 0.367. The predicted molar refractivity (Wildman–Crippen MR) is 70.3 cm³/mol. The molecule has 1 aromatic heterocycles. The second kappa shape index (κ2) is 6.85. The van der Waals surface area contributed by atoms with E-state index in [9.17, 15) is 0 Å². The topological polar surface area (TPSA) is 52.0 Å². The molecule has 0 bridgehead atoms. The quantitative estimate of drug-likeness (QED) is 0.680. The number of hydrogen-bond donors (Lipinski definition) is 1. The molecule has 1 aromatic rings. The van der Waals surface area contributed by atoms with Gasteiger partial charge >= 0.3 is 0 Å². The van der Waals surface area contributed by atoms with Crippen LogP contribution in [0, 0.1) is 5.92 Å². The molecule has 0 saturated heterocycles. The van der Waals surface area contributed by atoms with E-state index in [2.05, 4.69) is 29.2 Å². The first-order valence-corrected chi connectivity index (χ1v) is 6.94. The van der Waals surface area contributed by atoms with Crippen LogP contribution in [0.1, 0.15) is 45.0 Å². The van der Waals surface area contributed by atoms with Crippen LogP contribution in [-0.4, -0.2) is 34.5 Å². The number of hydrogen-bond acceptors (Lipinski definition) is 4. The van der Waals surface area contributed by atoms with Gasteiger partial charge in [-0.25, -0.2) is 9.67 Å². The van der Waals surface area contributed by atoms with Gasteiger partial charge in [-0.15, -0.1) is 0 Å². The second-order valence-electron chi connectivity index (χ2n) is 5.26. The lowest BCUT2D eigenvalue weighted by atomic mass is 10.4. The molecule has 102 valence electrons. The summed E-state index contributed by atoms with van der Waals surface area (Å²) in [5.74, 6) is 1.87. The van der Waals surface area contributed by atoms with Gasteiger partial charge in [0, 0.05) is 19.3 Å². The van der Waals surface area contributed by atoms with Crippen molar-refractivity contribution in [2.24, 2.45) is 5.92 Å². The average molecular weight is 252 g/mol. The molecule has 0 atom stereocenters. The molecule has 0 spiro atoms. The van der Waals surface area contributed by atoms with Gasteiger partial charge in [-0.2, -0.15) is 5.10 Å². The van der Waals surface area contributed by atoms with Gasteiger partial charge in [0.15, 0.2) is 0 Å². The third-order valence-corrected chi connectivity index (χ3v) is 3.11. The van der Waals surface area contributed by atoms with Crippen molar-refractivity contribution in [3.05, 3.63) is 12.2 Å². The molecule has 1 saturated carbocycles. The van der Waals surface area contributed by atoms with Gasteiger partial charge in [0.2, 0.25) is 0 Å². The molecule has 18 heavy (non-hydrogen) atoms. The largest absolute Gasteiger partial charge is 0.381 e. The molecule has 1 aliphatic carbocycles. The standard InChI is InChI=1S/C13H24N4O/c1-11(2)17-13(15-10-16-17)8-14-6-3-7-18-9-12-4-5-12/h10-12,14H,3-9H2,1-2H3. The molecule has 0 unspecified atom stereocenters. The van der Waals surface area contributed by atoms with Crippen LogP contribution in [0.2, 0.25) is 0 Å². The Morgan fingerprint density at radius 3 is 3.06 bits per heavy atom. The monoisotopic (exact) mass is 252 g/mol. The molecular formula is C13H24N4O. The van der Waals surface area contributed by atoms with E-state index in [-0.39, 0.29) is 0 Å². The van der Waals surface area contributed by atoms with E-state index < -0.39 is 0 Å². The predicted octanol–water partition coefficient (Wildman–Crippen LogP) is 1.77. The molecule has 0 aliphatic heterocycles. The minimum absolute atomic E-state index is 0.367. The van der Waals surface area contributed by atoms with Gasteiger partial charge in [0.1, 0.15) is 12.2 Å². The molecule has 5 nitrogen and oxygen atoms in total. The molecule has 1 fully saturated rings. The van der Waals surface area contributed by atoms with Gasteiger partial charge in [0.25, 0.3) is 0 Å². The Balaban J connectivity index is 1.52. The second-order valence-corrected chi connectivity index (χ2v) is 5.26. The zero-order valence-corrected chi connectivity index (χ0v) is 11.4. The molecule has 0 radical (unpaired) electrons. The van der Waals surface area contributed by atoms with Crippen molar-refractivity contribution in [2.45, 2.75) is 45.7 Å². The first-order chi connectivity index (χ1) is 8.77. The van der Waals surface area contributed by atoms with Crippen LogP contribution in [0.4, 0.5) is 0 Å². The Hall–Kier alpha value is -0.940. The zero-order chi connectivity index (χ0) is 12.8. The van der Waals surface area contributed by atoms with Crippen LogP contribution in [-0.2, 0) is 11.3 Å². The lowest BCUT2D eigenvalue weighted by Crippen LogP contribution is -2.20. The maximum absolute atomic E-state index is 5.58. The molecule has 2 rings (SSSR count). The molecule has 1 heterocycles. The van der Waals surface area contributed by atoms with Crippen LogP contribution < -0.4 is 5.32 Å². The number of nitrogens with one attached hydrogen (secondary N) is 1. The smallest absolute Gasteiger partial charge is 0.141 e. The Labute approximate surface area is 109 Å². The highest BCUT2D eigenvalue weighted by Gasteiger charge is 2.20. The van der Waals surface area contributed by atoms with Crippen LogP contribution in [0.15, 0.2) is 6.33 Å². The first-order valence-electron chi connectivity index (χ1n) is 6.94. The molecule has 5 heteroatoms. The van der Waals surface area contributed by atoms with E-state index in [0.29, 0.717) is 6.04 Å². The summed E-state index contributed by atoms with van der Waals surface area (Å²) in [6.45, 7) is 7.80. The van der Waals surface area contributed by atoms with Crippen LogP contribution >= 0.6 is 0 Å². The van der Waals surface area contributed by atoms with Crippen LogP contribution in [0.25, 0.3) is 0 Å². The van der Waals surface area contributed by atoms with Crippen molar-refractivity contribution in [1.29, 1.82) is 0 Å². The summed E-state index contributed by atoms with van der Waals surface area (Å²) in [6.07, 6.45) is 5.41. The van der Waals surface area contributed by atoms with Gasteiger partial charge in [0.05, 0.1) is 6.54 Å². The van der Waals surface area contributed by atoms with Crippen molar-refractivity contribution in [3.8, 4) is 0 Å². The number of ether oxygens (including phenoxy) is 1. The van der Waals surface area contributed by atoms with Crippen molar-refractivity contribution in [3.63, 3.8) is 0 Å².